The monoisotopic (exact) mass is 362 g/mol. The highest BCUT2D eigenvalue weighted by Gasteiger charge is 2.16. The molecule has 0 fully saturated rings. The zero-order chi connectivity index (χ0) is 17.7. The van der Waals surface area contributed by atoms with Crippen LogP contribution < -0.4 is 10.5 Å². The van der Waals surface area contributed by atoms with E-state index in [0.29, 0.717) is 21.7 Å². The molecule has 7 heteroatoms. The van der Waals surface area contributed by atoms with Gasteiger partial charge in [-0.3, -0.25) is 4.79 Å². The summed E-state index contributed by atoms with van der Waals surface area (Å²) in [4.78, 5) is 11.1. The molecule has 0 radical (unpaired) electrons. The number of nitrogens with two attached hydrogens (primary N) is 1. The smallest absolute Gasteiger partial charge is 0.248 e. The molecule has 0 heterocycles. The van der Waals surface area contributed by atoms with Gasteiger partial charge in [0.15, 0.2) is 0 Å². The number of primary amides is 1. The van der Waals surface area contributed by atoms with Crippen LogP contribution in [0.3, 0.4) is 0 Å². The van der Waals surface area contributed by atoms with E-state index < -0.39 is 15.9 Å². The fraction of sp³-hybridized carbons (Fsp3) is 0.118. The van der Waals surface area contributed by atoms with Crippen molar-refractivity contribution in [2.75, 3.05) is 6.54 Å². The van der Waals surface area contributed by atoms with Crippen molar-refractivity contribution in [2.45, 2.75) is 11.8 Å². The number of benzene rings is 2. The molecule has 0 spiro atoms. The van der Waals surface area contributed by atoms with Crippen LogP contribution >= 0.6 is 11.6 Å². The first kappa shape index (κ1) is 18.0. The van der Waals surface area contributed by atoms with Crippen LogP contribution in [0.5, 0.6) is 0 Å². The predicted molar refractivity (Wildman–Crippen MR) is 93.2 cm³/mol. The van der Waals surface area contributed by atoms with E-state index in [1.54, 1.807) is 43.3 Å². The van der Waals surface area contributed by atoms with Crippen LogP contribution in [-0.4, -0.2) is 20.9 Å². The normalized spacial score (nSPS) is 10.8. The molecule has 1 amide bonds. The maximum atomic E-state index is 12.2. The molecule has 0 aliphatic heterocycles. The first-order valence-electron chi connectivity index (χ1n) is 6.94. The van der Waals surface area contributed by atoms with Crippen LogP contribution in [0.15, 0.2) is 47.4 Å². The van der Waals surface area contributed by atoms with E-state index in [1.165, 1.54) is 6.07 Å². The van der Waals surface area contributed by atoms with Crippen molar-refractivity contribution < 1.29 is 13.2 Å². The van der Waals surface area contributed by atoms with E-state index in [2.05, 4.69) is 16.6 Å². The second-order valence-electron chi connectivity index (χ2n) is 4.98. The Labute approximate surface area is 145 Å². The fourth-order valence-electron chi connectivity index (χ4n) is 1.94. The summed E-state index contributed by atoms with van der Waals surface area (Å²) in [5.41, 5.74) is 6.79. The van der Waals surface area contributed by atoms with Crippen molar-refractivity contribution in [1.29, 1.82) is 0 Å². The molecule has 5 nitrogen and oxygen atoms in total. The lowest BCUT2D eigenvalue weighted by atomic mass is 10.1. The minimum atomic E-state index is -3.68. The van der Waals surface area contributed by atoms with Crippen molar-refractivity contribution in [3.05, 3.63) is 64.2 Å². The van der Waals surface area contributed by atoms with Gasteiger partial charge in [-0.05, 0) is 48.9 Å². The Bertz CT molecular complexity index is 927. The Morgan fingerprint density at radius 1 is 1.21 bits per heavy atom. The number of aryl methyl sites for hydroxylation is 1. The maximum Gasteiger partial charge on any atom is 0.248 e. The quantitative estimate of drug-likeness (QED) is 0.816. The molecule has 0 bridgehead atoms. The lowest BCUT2D eigenvalue weighted by Gasteiger charge is -2.07. The van der Waals surface area contributed by atoms with Crippen LogP contribution in [0.25, 0.3) is 0 Å². The molecule has 0 atom stereocenters. The minimum absolute atomic E-state index is 0.0497. The van der Waals surface area contributed by atoms with E-state index in [1.807, 2.05) is 0 Å². The molecule has 0 aromatic heterocycles. The van der Waals surface area contributed by atoms with Crippen molar-refractivity contribution >= 4 is 27.5 Å². The number of hydrogen-bond acceptors (Lipinski definition) is 3. The van der Waals surface area contributed by atoms with Gasteiger partial charge in [0.1, 0.15) is 0 Å². The Morgan fingerprint density at radius 2 is 1.88 bits per heavy atom. The number of halogens is 1. The molecule has 0 saturated heterocycles. The molecule has 0 aliphatic rings. The van der Waals surface area contributed by atoms with Crippen LogP contribution in [0.1, 0.15) is 21.5 Å². The molecule has 124 valence electrons. The zero-order valence-corrected chi connectivity index (χ0v) is 14.4. The lowest BCUT2D eigenvalue weighted by Crippen LogP contribution is -2.24. The molecule has 2 rings (SSSR count). The van der Waals surface area contributed by atoms with E-state index in [0.717, 1.165) is 0 Å². The molecule has 3 N–H and O–H groups in total. The third kappa shape index (κ3) is 4.59. The van der Waals surface area contributed by atoms with Gasteiger partial charge in [-0.1, -0.05) is 29.5 Å². The summed E-state index contributed by atoms with van der Waals surface area (Å²) >= 11 is 5.85. The van der Waals surface area contributed by atoms with Crippen molar-refractivity contribution in [2.24, 2.45) is 5.73 Å². The third-order valence-corrected chi connectivity index (χ3v) is 4.97. The second-order valence-corrected chi connectivity index (χ2v) is 7.15. The first-order chi connectivity index (χ1) is 11.3. The Morgan fingerprint density at radius 3 is 2.50 bits per heavy atom. The average Bonchev–Trinajstić information content (AvgIpc) is 2.54. The van der Waals surface area contributed by atoms with Gasteiger partial charge in [0.2, 0.25) is 15.9 Å². The van der Waals surface area contributed by atoms with Gasteiger partial charge >= 0.3 is 0 Å². The van der Waals surface area contributed by atoms with Gasteiger partial charge in [0.05, 0.1) is 11.4 Å². The van der Waals surface area contributed by atoms with E-state index in [9.17, 15) is 13.2 Å². The Kier molecular flexibility index (Phi) is 5.62. The largest absolute Gasteiger partial charge is 0.366 e. The van der Waals surface area contributed by atoms with Gasteiger partial charge in [-0.25, -0.2) is 8.42 Å². The maximum absolute atomic E-state index is 12.2. The fourth-order valence-corrected chi connectivity index (χ4v) is 3.36. The summed E-state index contributed by atoms with van der Waals surface area (Å²) in [6.07, 6.45) is 0. The SMILES string of the molecule is Cc1ccc(Cl)cc1S(=O)(=O)NCC#Cc1ccc(C(N)=O)cc1. The molecule has 2 aromatic carbocycles. The number of hydrogen-bond donors (Lipinski definition) is 2. The standard InChI is InChI=1S/C17H15ClN2O3S/c1-12-4-9-15(18)11-16(12)24(22,23)20-10-2-3-13-5-7-14(8-6-13)17(19)21/h4-9,11,20H,10H2,1H3,(H2,19,21). The summed E-state index contributed by atoms with van der Waals surface area (Å²) in [5, 5.41) is 0.349. The topological polar surface area (TPSA) is 89.3 Å². The van der Waals surface area contributed by atoms with Gasteiger partial charge < -0.3 is 5.73 Å². The number of rotatable bonds is 4. The second kappa shape index (κ2) is 7.49. The summed E-state index contributed by atoms with van der Waals surface area (Å²) in [6, 6.07) is 11.1. The summed E-state index contributed by atoms with van der Waals surface area (Å²) in [5.74, 6) is 5.01. The number of amides is 1. The number of carbonyl (C=O) groups excluding carboxylic acids is 1. The highest BCUT2D eigenvalue weighted by Crippen LogP contribution is 2.19. The molecule has 0 aliphatic carbocycles. The van der Waals surface area contributed by atoms with Crippen LogP contribution in [-0.2, 0) is 10.0 Å². The number of carbonyl (C=O) groups is 1. The van der Waals surface area contributed by atoms with Crippen molar-refractivity contribution in [3.8, 4) is 11.8 Å². The van der Waals surface area contributed by atoms with Gasteiger partial charge in [-0.2, -0.15) is 4.72 Å². The number of nitrogens with one attached hydrogen (secondary N) is 1. The highest BCUT2D eigenvalue weighted by molar-refractivity contribution is 7.89. The molecular weight excluding hydrogens is 348 g/mol. The van der Waals surface area contributed by atoms with Gasteiger partial charge in [0.25, 0.3) is 0 Å². The van der Waals surface area contributed by atoms with Crippen LogP contribution in [0, 0.1) is 18.8 Å². The molecule has 0 saturated carbocycles. The average molecular weight is 363 g/mol. The zero-order valence-electron chi connectivity index (χ0n) is 12.8. The summed E-state index contributed by atoms with van der Waals surface area (Å²) in [7, 11) is -3.68. The molecule has 24 heavy (non-hydrogen) atoms. The van der Waals surface area contributed by atoms with Crippen molar-refractivity contribution in [1.82, 2.24) is 4.72 Å². The van der Waals surface area contributed by atoms with Gasteiger partial charge in [-0.15, -0.1) is 0 Å². The minimum Gasteiger partial charge on any atom is -0.366 e. The number of sulfonamides is 1. The molecule has 2 aromatic rings. The molecule has 0 unspecified atom stereocenters. The van der Waals surface area contributed by atoms with Crippen LogP contribution in [0.4, 0.5) is 0 Å². The lowest BCUT2D eigenvalue weighted by molar-refractivity contribution is 0.100. The van der Waals surface area contributed by atoms with Gasteiger partial charge in [0, 0.05) is 16.1 Å². The first-order valence-corrected chi connectivity index (χ1v) is 8.80. The van der Waals surface area contributed by atoms with Crippen LogP contribution in [0.2, 0.25) is 5.02 Å². The highest BCUT2D eigenvalue weighted by atomic mass is 35.5. The summed E-state index contributed by atoms with van der Waals surface area (Å²) in [6.45, 7) is 1.64. The van der Waals surface area contributed by atoms with E-state index in [4.69, 9.17) is 17.3 Å². The van der Waals surface area contributed by atoms with Crippen molar-refractivity contribution in [3.63, 3.8) is 0 Å². The van der Waals surface area contributed by atoms with E-state index >= 15 is 0 Å². The summed E-state index contributed by atoms with van der Waals surface area (Å²) < 4.78 is 26.9. The van der Waals surface area contributed by atoms with E-state index in [-0.39, 0.29) is 11.4 Å². The predicted octanol–water partition coefficient (Wildman–Crippen LogP) is 2.08. The Hall–Kier alpha value is -2.33. The molecular formula is C17H15ClN2O3S. The third-order valence-electron chi connectivity index (χ3n) is 3.19. The Balaban J connectivity index is 2.06.